The van der Waals surface area contributed by atoms with Crippen molar-refractivity contribution in [2.24, 2.45) is 5.41 Å². The summed E-state index contributed by atoms with van der Waals surface area (Å²) in [6.07, 6.45) is 2.43. The van der Waals surface area contributed by atoms with E-state index >= 15 is 0 Å². The molecular formula is C12H20N2O3. The molecule has 5 nitrogen and oxygen atoms in total. The fourth-order valence-corrected chi connectivity index (χ4v) is 1.86. The standard InChI is InChI=1S/C12H20N2O3/c1-12(2,3)8(9-5-13-7-14-9)4-10(16)11(17)6-15/h5,7-8,10,15-16H,4,6H2,1-3H3,(H,13,14). The molecule has 0 aliphatic rings. The summed E-state index contributed by atoms with van der Waals surface area (Å²) in [6.45, 7) is 5.49. The third kappa shape index (κ3) is 3.64. The van der Waals surface area contributed by atoms with Crippen molar-refractivity contribution in [3.05, 3.63) is 18.2 Å². The second-order valence-corrected chi connectivity index (χ2v) is 5.30. The van der Waals surface area contributed by atoms with E-state index in [9.17, 15) is 9.90 Å². The Morgan fingerprint density at radius 2 is 2.18 bits per heavy atom. The molecule has 2 unspecified atom stereocenters. The van der Waals surface area contributed by atoms with Gasteiger partial charge in [0.15, 0.2) is 5.78 Å². The molecule has 0 radical (unpaired) electrons. The first kappa shape index (κ1) is 13.9. The number of aliphatic hydroxyl groups is 2. The average molecular weight is 240 g/mol. The average Bonchev–Trinajstić information content (AvgIpc) is 2.75. The van der Waals surface area contributed by atoms with Crippen LogP contribution < -0.4 is 0 Å². The molecule has 1 rings (SSSR count). The molecule has 0 bridgehead atoms. The Morgan fingerprint density at radius 3 is 2.59 bits per heavy atom. The monoisotopic (exact) mass is 240 g/mol. The number of nitrogens with one attached hydrogen (secondary N) is 1. The summed E-state index contributed by atoms with van der Waals surface area (Å²) in [5, 5.41) is 18.4. The number of ketones is 1. The van der Waals surface area contributed by atoms with E-state index in [4.69, 9.17) is 5.11 Å². The van der Waals surface area contributed by atoms with Crippen LogP contribution in [-0.4, -0.2) is 38.7 Å². The van der Waals surface area contributed by atoms with E-state index < -0.39 is 18.5 Å². The smallest absolute Gasteiger partial charge is 0.186 e. The third-order valence-corrected chi connectivity index (χ3v) is 2.93. The van der Waals surface area contributed by atoms with E-state index in [-0.39, 0.29) is 17.8 Å². The van der Waals surface area contributed by atoms with Gasteiger partial charge in [-0.15, -0.1) is 0 Å². The predicted octanol–water partition coefficient (Wildman–Crippen LogP) is 0.852. The molecule has 2 atom stereocenters. The van der Waals surface area contributed by atoms with Crippen molar-refractivity contribution in [3.8, 4) is 0 Å². The molecule has 5 heteroatoms. The van der Waals surface area contributed by atoms with Crippen molar-refractivity contribution in [3.63, 3.8) is 0 Å². The van der Waals surface area contributed by atoms with Crippen molar-refractivity contribution in [2.75, 3.05) is 6.61 Å². The molecule has 1 aromatic rings. The third-order valence-electron chi connectivity index (χ3n) is 2.93. The lowest BCUT2D eigenvalue weighted by Gasteiger charge is -2.31. The normalized spacial score (nSPS) is 15.6. The topological polar surface area (TPSA) is 86.2 Å². The molecule has 0 spiro atoms. The first-order valence-corrected chi connectivity index (χ1v) is 5.66. The highest BCUT2D eigenvalue weighted by atomic mass is 16.3. The van der Waals surface area contributed by atoms with Gasteiger partial charge in [0.2, 0.25) is 0 Å². The van der Waals surface area contributed by atoms with Gasteiger partial charge in [0.05, 0.1) is 6.33 Å². The second-order valence-electron chi connectivity index (χ2n) is 5.30. The highest BCUT2D eigenvalue weighted by Crippen LogP contribution is 2.37. The fraction of sp³-hybridized carbons (Fsp3) is 0.667. The minimum absolute atomic E-state index is 0.0181. The lowest BCUT2D eigenvalue weighted by molar-refractivity contribution is -0.130. The number of hydrogen-bond acceptors (Lipinski definition) is 4. The van der Waals surface area contributed by atoms with Crippen molar-refractivity contribution < 1.29 is 15.0 Å². The molecular weight excluding hydrogens is 220 g/mol. The van der Waals surface area contributed by atoms with Crippen LogP contribution >= 0.6 is 0 Å². The number of nitrogens with zero attached hydrogens (tertiary/aromatic N) is 1. The fourth-order valence-electron chi connectivity index (χ4n) is 1.86. The van der Waals surface area contributed by atoms with Crippen LogP contribution in [0, 0.1) is 5.41 Å². The van der Waals surface area contributed by atoms with E-state index in [0.717, 1.165) is 5.69 Å². The highest BCUT2D eigenvalue weighted by molar-refractivity contribution is 5.83. The van der Waals surface area contributed by atoms with Crippen LogP contribution in [0.1, 0.15) is 38.8 Å². The Hall–Kier alpha value is -1.20. The van der Waals surface area contributed by atoms with Gasteiger partial charge in [-0.3, -0.25) is 4.79 Å². The maximum absolute atomic E-state index is 11.2. The Labute approximate surface area is 101 Å². The van der Waals surface area contributed by atoms with Gasteiger partial charge in [0.1, 0.15) is 12.7 Å². The maximum Gasteiger partial charge on any atom is 0.186 e. The zero-order chi connectivity index (χ0) is 13.1. The Kier molecular flexibility index (Phi) is 4.42. The van der Waals surface area contributed by atoms with Gasteiger partial charge in [-0.05, 0) is 11.8 Å². The summed E-state index contributed by atoms with van der Waals surface area (Å²) in [5.74, 6) is -0.561. The van der Waals surface area contributed by atoms with Crippen LogP contribution in [-0.2, 0) is 4.79 Å². The number of rotatable bonds is 5. The molecule has 96 valence electrons. The molecule has 17 heavy (non-hydrogen) atoms. The van der Waals surface area contributed by atoms with E-state index in [1.807, 2.05) is 20.8 Å². The molecule has 0 fully saturated rings. The number of hydrogen-bond donors (Lipinski definition) is 3. The first-order chi connectivity index (χ1) is 7.86. The first-order valence-electron chi connectivity index (χ1n) is 5.66. The lowest BCUT2D eigenvalue weighted by Crippen LogP contribution is -2.30. The molecule has 1 aromatic heterocycles. The van der Waals surface area contributed by atoms with Crippen LogP contribution in [0.25, 0.3) is 0 Å². The Balaban J connectivity index is 2.83. The van der Waals surface area contributed by atoms with Crippen molar-refractivity contribution in [2.45, 2.75) is 39.2 Å². The molecule has 3 N–H and O–H groups in total. The molecule has 1 heterocycles. The molecule has 0 saturated carbocycles. The van der Waals surface area contributed by atoms with E-state index in [0.29, 0.717) is 0 Å². The minimum atomic E-state index is -1.13. The summed E-state index contributed by atoms with van der Waals surface area (Å²) < 4.78 is 0. The summed E-state index contributed by atoms with van der Waals surface area (Å²) in [4.78, 5) is 18.2. The van der Waals surface area contributed by atoms with Gasteiger partial charge in [0, 0.05) is 17.8 Å². The Morgan fingerprint density at radius 1 is 1.53 bits per heavy atom. The number of aliphatic hydroxyl groups excluding tert-OH is 2. The summed E-state index contributed by atoms with van der Waals surface area (Å²) in [6, 6.07) is 0. The molecule has 0 amide bonds. The zero-order valence-corrected chi connectivity index (χ0v) is 10.5. The van der Waals surface area contributed by atoms with Crippen LogP contribution in [0.5, 0.6) is 0 Å². The molecule has 0 saturated heterocycles. The van der Waals surface area contributed by atoms with E-state index in [1.54, 1.807) is 12.5 Å². The summed E-state index contributed by atoms with van der Waals surface area (Å²) in [5.41, 5.74) is 0.783. The van der Waals surface area contributed by atoms with Gasteiger partial charge in [-0.1, -0.05) is 20.8 Å². The lowest BCUT2D eigenvalue weighted by atomic mass is 9.75. The number of carbonyl (C=O) groups is 1. The predicted molar refractivity (Wildman–Crippen MR) is 63.5 cm³/mol. The van der Waals surface area contributed by atoms with E-state index in [1.165, 1.54) is 0 Å². The van der Waals surface area contributed by atoms with Gasteiger partial charge in [-0.2, -0.15) is 0 Å². The second kappa shape index (κ2) is 5.42. The molecule has 0 aliphatic carbocycles. The number of aromatic nitrogens is 2. The highest BCUT2D eigenvalue weighted by Gasteiger charge is 2.31. The number of imidazole rings is 1. The van der Waals surface area contributed by atoms with Gasteiger partial charge < -0.3 is 15.2 Å². The number of Topliss-reactive ketones (excluding diaryl/α,β-unsaturated/α-hetero) is 1. The zero-order valence-electron chi connectivity index (χ0n) is 10.5. The van der Waals surface area contributed by atoms with Gasteiger partial charge in [-0.25, -0.2) is 4.98 Å². The van der Waals surface area contributed by atoms with Crippen molar-refractivity contribution in [1.29, 1.82) is 0 Å². The van der Waals surface area contributed by atoms with Gasteiger partial charge in [0.25, 0.3) is 0 Å². The summed E-state index contributed by atoms with van der Waals surface area (Å²) in [7, 11) is 0. The van der Waals surface area contributed by atoms with E-state index in [2.05, 4.69) is 9.97 Å². The van der Waals surface area contributed by atoms with Crippen LogP contribution in [0.2, 0.25) is 0 Å². The molecule has 0 aromatic carbocycles. The quantitative estimate of drug-likeness (QED) is 0.712. The van der Waals surface area contributed by atoms with Crippen LogP contribution in [0.3, 0.4) is 0 Å². The summed E-state index contributed by atoms with van der Waals surface area (Å²) >= 11 is 0. The van der Waals surface area contributed by atoms with Crippen molar-refractivity contribution >= 4 is 5.78 Å². The maximum atomic E-state index is 11.2. The minimum Gasteiger partial charge on any atom is -0.388 e. The largest absolute Gasteiger partial charge is 0.388 e. The number of carbonyl (C=O) groups excluding carboxylic acids is 1. The molecule has 0 aliphatic heterocycles. The van der Waals surface area contributed by atoms with Crippen LogP contribution in [0.15, 0.2) is 12.5 Å². The van der Waals surface area contributed by atoms with Crippen molar-refractivity contribution in [1.82, 2.24) is 9.97 Å². The van der Waals surface area contributed by atoms with Crippen LogP contribution in [0.4, 0.5) is 0 Å². The SMILES string of the molecule is CC(C)(C)C(CC(O)C(=O)CO)c1cnc[nH]1. The Bertz CT molecular complexity index is 354. The number of H-pyrrole nitrogens is 1. The van der Waals surface area contributed by atoms with Gasteiger partial charge >= 0.3 is 0 Å². The number of aromatic amines is 1.